The normalized spacial score (nSPS) is 21.9. The number of nitrogens with zero attached hydrogens (tertiary/aromatic N) is 3. The van der Waals surface area contributed by atoms with Crippen molar-refractivity contribution in [3.8, 4) is 0 Å². The van der Waals surface area contributed by atoms with Crippen LogP contribution in [0.25, 0.3) is 0 Å². The molecule has 7 nitrogen and oxygen atoms in total. The van der Waals surface area contributed by atoms with Gasteiger partial charge in [-0.25, -0.2) is 4.99 Å². The Hall–Kier alpha value is -2.12. The molecule has 0 bridgehead atoms. The molecule has 1 saturated heterocycles. The van der Waals surface area contributed by atoms with E-state index in [0.29, 0.717) is 16.7 Å². The zero-order chi connectivity index (χ0) is 17.1. The van der Waals surface area contributed by atoms with Gasteiger partial charge in [0.05, 0.1) is 6.42 Å². The Morgan fingerprint density at radius 2 is 2.08 bits per heavy atom. The number of hydrogen-bond acceptors (Lipinski definition) is 5. The van der Waals surface area contributed by atoms with Crippen molar-refractivity contribution in [2.45, 2.75) is 12.5 Å². The second kappa shape index (κ2) is 7.19. The summed E-state index contributed by atoms with van der Waals surface area (Å²) in [5.41, 5.74) is 0.592. The molecule has 1 fully saturated rings. The van der Waals surface area contributed by atoms with Crippen LogP contribution in [-0.4, -0.2) is 66.8 Å². The molecule has 0 unspecified atom stereocenters. The van der Waals surface area contributed by atoms with Crippen LogP contribution in [0.1, 0.15) is 6.42 Å². The SMILES string of the molecule is CN1CCN(C2=N[C@H](C(=O)Nc3cccc(Cl)c3)CC(=O)N2)CC1. The highest BCUT2D eigenvalue weighted by atomic mass is 35.5. The first-order valence-electron chi connectivity index (χ1n) is 7.89. The summed E-state index contributed by atoms with van der Waals surface area (Å²) in [6.07, 6.45) is 0.0453. The predicted molar refractivity (Wildman–Crippen MR) is 93.1 cm³/mol. The Kier molecular flexibility index (Phi) is 5.01. The van der Waals surface area contributed by atoms with E-state index in [-0.39, 0.29) is 18.2 Å². The molecule has 2 heterocycles. The van der Waals surface area contributed by atoms with E-state index in [9.17, 15) is 9.59 Å². The zero-order valence-corrected chi connectivity index (χ0v) is 14.2. The molecule has 2 aliphatic rings. The summed E-state index contributed by atoms with van der Waals surface area (Å²) < 4.78 is 0. The first-order valence-corrected chi connectivity index (χ1v) is 8.26. The summed E-state index contributed by atoms with van der Waals surface area (Å²) in [6.45, 7) is 3.35. The van der Waals surface area contributed by atoms with Gasteiger partial charge in [-0.3, -0.25) is 14.9 Å². The van der Waals surface area contributed by atoms with Gasteiger partial charge in [0.15, 0.2) is 0 Å². The molecule has 0 spiro atoms. The van der Waals surface area contributed by atoms with E-state index >= 15 is 0 Å². The number of halogens is 1. The number of nitrogens with one attached hydrogen (secondary N) is 2. The Labute approximate surface area is 145 Å². The number of carbonyl (C=O) groups is 2. The van der Waals surface area contributed by atoms with E-state index in [0.717, 1.165) is 26.2 Å². The third-order valence-electron chi connectivity index (χ3n) is 4.11. The molecule has 1 aromatic rings. The van der Waals surface area contributed by atoms with Crippen LogP contribution >= 0.6 is 11.6 Å². The number of aliphatic imine (C=N–C) groups is 1. The Morgan fingerprint density at radius 3 is 2.79 bits per heavy atom. The van der Waals surface area contributed by atoms with E-state index in [1.165, 1.54) is 0 Å². The minimum absolute atomic E-state index is 0.0453. The van der Waals surface area contributed by atoms with Gasteiger partial charge in [0.1, 0.15) is 6.04 Å². The highest BCUT2D eigenvalue weighted by molar-refractivity contribution is 6.30. The number of piperazine rings is 1. The van der Waals surface area contributed by atoms with Gasteiger partial charge in [0.2, 0.25) is 17.8 Å². The number of hydrogen-bond donors (Lipinski definition) is 2. The van der Waals surface area contributed by atoms with Crippen molar-refractivity contribution in [1.29, 1.82) is 0 Å². The minimum atomic E-state index is -0.729. The number of rotatable bonds is 2. The second-order valence-corrected chi connectivity index (χ2v) is 6.45. The standard InChI is InChI=1S/C16H20ClN5O2/c1-21-5-7-22(8-6-21)16-19-13(10-14(23)20-16)15(24)18-12-4-2-3-11(17)9-12/h2-4,9,13H,5-8,10H2,1H3,(H,18,24)(H,19,20,23)/t13-/m0/s1. The Morgan fingerprint density at radius 1 is 1.33 bits per heavy atom. The van der Waals surface area contributed by atoms with Crippen LogP contribution in [0.15, 0.2) is 29.3 Å². The van der Waals surface area contributed by atoms with Crippen molar-refractivity contribution in [3.05, 3.63) is 29.3 Å². The molecule has 8 heteroatoms. The summed E-state index contributed by atoms with van der Waals surface area (Å²) >= 11 is 5.92. The van der Waals surface area contributed by atoms with Gasteiger partial charge in [0, 0.05) is 36.9 Å². The molecule has 128 valence electrons. The van der Waals surface area contributed by atoms with Crippen molar-refractivity contribution >= 4 is 35.1 Å². The van der Waals surface area contributed by atoms with Gasteiger partial charge in [0.25, 0.3) is 0 Å². The largest absolute Gasteiger partial charge is 0.340 e. The van der Waals surface area contributed by atoms with Gasteiger partial charge < -0.3 is 15.1 Å². The maximum Gasteiger partial charge on any atom is 0.249 e. The molecule has 3 rings (SSSR count). The first-order chi connectivity index (χ1) is 11.5. The van der Waals surface area contributed by atoms with E-state index in [4.69, 9.17) is 11.6 Å². The lowest BCUT2D eigenvalue weighted by molar-refractivity contribution is -0.125. The summed E-state index contributed by atoms with van der Waals surface area (Å²) in [6, 6.07) is 6.16. The van der Waals surface area contributed by atoms with E-state index < -0.39 is 6.04 Å². The third kappa shape index (κ3) is 4.04. The van der Waals surface area contributed by atoms with Crippen LogP contribution in [0.4, 0.5) is 5.69 Å². The van der Waals surface area contributed by atoms with Crippen molar-refractivity contribution in [2.24, 2.45) is 4.99 Å². The molecule has 0 aromatic heterocycles. The fraction of sp³-hybridized carbons (Fsp3) is 0.438. The molecule has 1 aromatic carbocycles. The minimum Gasteiger partial charge on any atom is -0.340 e. The molecule has 1 atom stereocenters. The van der Waals surface area contributed by atoms with Crippen LogP contribution < -0.4 is 10.6 Å². The van der Waals surface area contributed by atoms with Gasteiger partial charge in [-0.2, -0.15) is 0 Å². The lowest BCUT2D eigenvalue weighted by Crippen LogP contribution is -2.55. The maximum atomic E-state index is 12.4. The van der Waals surface area contributed by atoms with Gasteiger partial charge in [-0.15, -0.1) is 0 Å². The Balaban J connectivity index is 1.70. The monoisotopic (exact) mass is 349 g/mol. The fourth-order valence-electron chi connectivity index (χ4n) is 2.70. The lowest BCUT2D eigenvalue weighted by Gasteiger charge is -2.36. The topological polar surface area (TPSA) is 77.0 Å². The van der Waals surface area contributed by atoms with E-state index in [1.54, 1.807) is 24.3 Å². The van der Waals surface area contributed by atoms with Gasteiger partial charge in [-0.05, 0) is 25.2 Å². The highest BCUT2D eigenvalue weighted by Gasteiger charge is 2.30. The molecular formula is C16H20ClN5O2. The summed E-state index contributed by atoms with van der Waals surface area (Å²) in [5.74, 6) is -0.00508. The van der Waals surface area contributed by atoms with Crippen molar-refractivity contribution in [2.75, 3.05) is 38.5 Å². The highest BCUT2D eigenvalue weighted by Crippen LogP contribution is 2.17. The molecule has 2 amide bonds. The van der Waals surface area contributed by atoms with Gasteiger partial charge in [-0.1, -0.05) is 17.7 Å². The summed E-state index contributed by atoms with van der Waals surface area (Å²) in [5, 5.41) is 6.08. The molecule has 2 aliphatic heterocycles. The van der Waals surface area contributed by atoms with Crippen LogP contribution in [0.3, 0.4) is 0 Å². The predicted octanol–water partition coefficient (Wildman–Crippen LogP) is 0.770. The zero-order valence-electron chi connectivity index (χ0n) is 13.5. The lowest BCUT2D eigenvalue weighted by atomic mass is 10.1. The average molecular weight is 350 g/mol. The smallest absolute Gasteiger partial charge is 0.249 e. The van der Waals surface area contributed by atoms with Crippen molar-refractivity contribution in [1.82, 2.24) is 15.1 Å². The molecule has 0 radical (unpaired) electrons. The number of benzene rings is 1. The number of likely N-dealkylation sites (N-methyl/N-ethyl adjacent to an activating group) is 1. The first kappa shape index (κ1) is 16.7. The van der Waals surface area contributed by atoms with Crippen LogP contribution in [0.5, 0.6) is 0 Å². The fourth-order valence-corrected chi connectivity index (χ4v) is 2.89. The summed E-state index contributed by atoms with van der Waals surface area (Å²) in [7, 11) is 2.06. The third-order valence-corrected chi connectivity index (χ3v) is 4.34. The molecule has 0 aliphatic carbocycles. The number of carbonyl (C=O) groups excluding carboxylic acids is 2. The van der Waals surface area contributed by atoms with Crippen LogP contribution in [-0.2, 0) is 9.59 Å². The van der Waals surface area contributed by atoms with E-state index in [2.05, 4.69) is 27.6 Å². The van der Waals surface area contributed by atoms with E-state index in [1.807, 2.05) is 4.90 Å². The quantitative estimate of drug-likeness (QED) is 0.827. The van der Waals surface area contributed by atoms with Crippen LogP contribution in [0.2, 0.25) is 5.02 Å². The van der Waals surface area contributed by atoms with Gasteiger partial charge >= 0.3 is 0 Å². The summed E-state index contributed by atoms with van der Waals surface area (Å²) in [4.78, 5) is 33.1. The number of amides is 2. The Bertz CT molecular complexity index is 670. The second-order valence-electron chi connectivity index (χ2n) is 6.01. The number of guanidine groups is 1. The molecule has 2 N–H and O–H groups in total. The average Bonchev–Trinajstić information content (AvgIpc) is 2.55. The van der Waals surface area contributed by atoms with Crippen LogP contribution in [0, 0.1) is 0 Å². The molecule has 24 heavy (non-hydrogen) atoms. The van der Waals surface area contributed by atoms with Crippen molar-refractivity contribution < 1.29 is 9.59 Å². The van der Waals surface area contributed by atoms with Crippen molar-refractivity contribution in [3.63, 3.8) is 0 Å². The number of anilines is 1. The molecular weight excluding hydrogens is 330 g/mol. The molecule has 0 saturated carbocycles. The maximum absolute atomic E-state index is 12.4.